The highest BCUT2D eigenvalue weighted by Gasteiger charge is 1.99. The Morgan fingerprint density at radius 2 is 2.06 bits per heavy atom. The van der Waals surface area contributed by atoms with Gasteiger partial charge in [0.05, 0.1) is 0 Å². The first-order valence-corrected chi connectivity index (χ1v) is 5.00. The van der Waals surface area contributed by atoms with Crippen LogP contribution in [-0.4, -0.2) is 4.98 Å². The predicted octanol–water partition coefficient (Wildman–Crippen LogP) is 1.96. The van der Waals surface area contributed by atoms with Gasteiger partial charge in [0.1, 0.15) is 5.76 Å². The number of benzene rings is 1. The van der Waals surface area contributed by atoms with Gasteiger partial charge in [0.15, 0.2) is 0 Å². The second kappa shape index (κ2) is 4.61. The first-order valence-electron chi connectivity index (χ1n) is 5.00. The minimum atomic E-state index is -0.292. The molecule has 4 heteroatoms. The number of aryl methyl sites for hydroxylation is 1. The van der Waals surface area contributed by atoms with Crippen molar-refractivity contribution in [2.24, 2.45) is 0 Å². The summed E-state index contributed by atoms with van der Waals surface area (Å²) in [5.41, 5.74) is 0.813. The molecule has 0 saturated heterocycles. The maximum absolute atomic E-state index is 11.1. The molecular formula is C12H12N2O2. The Hall–Kier alpha value is -2.10. The van der Waals surface area contributed by atoms with Crippen LogP contribution in [0.4, 0.5) is 6.01 Å². The van der Waals surface area contributed by atoms with E-state index in [1.54, 1.807) is 6.92 Å². The minimum absolute atomic E-state index is 0.258. The molecule has 2 aromatic rings. The largest absolute Gasteiger partial charge is 0.430 e. The Morgan fingerprint density at radius 1 is 1.31 bits per heavy atom. The summed E-state index contributed by atoms with van der Waals surface area (Å²) in [4.78, 5) is 14.8. The van der Waals surface area contributed by atoms with Crippen molar-refractivity contribution in [2.45, 2.75) is 13.5 Å². The third-order valence-corrected chi connectivity index (χ3v) is 2.08. The van der Waals surface area contributed by atoms with Crippen LogP contribution in [0.25, 0.3) is 0 Å². The van der Waals surface area contributed by atoms with Crippen LogP contribution in [0.3, 0.4) is 0 Å². The molecule has 1 N–H and O–H groups in total. The topological polar surface area (TPSA) is 55.1 Å². The first-order chi connectivity index (χ1) is 7.74. The van der Waals surface area contributed by atoms with E-state index in [0.29, 0.717) is 12.3 Å². The lowest BCUT2D eigenvalue weighted by Gasteiger charge is -2.04. The fourth-order valence-electron chi connectivity index (χ4n) is 1.36. The molecular weight excluding hydrogens is 204 g/mol. The average Bonchev–Trinajstić information content (AvgIpc) is 2.27. The normalized spacial score (nSPS) is 10.1. The molecule has 1 aromatic carbocycles. The molecule has 0 atom stereocenters. The lowest BCUT2D eigenvalue weighted by molar-refractivity contribution is 0.507. The number of hydrogen-bond acceptors (Lipinski definition) is 4. The van der Waals surface area contributed by atoms with E-state index in [1.807, 2.05) is 30.3 Å². The van der Waals surface area contributed by atoms with Crippen LogP contribution in [-0.2, 0) is 6.54 Å². The van der Waals surface area contributed by atoms with E-state index in [0.717, 1.165) is 5.56 Å². The average molecular weight is 216 g/mol. The predicted molar refractivity (Wildman–Crippen MR) is 61.3 cm³/mol. The molecule has 82 valence electrons. The van der Waals surface area contributed by atoms with Crippen molar-refractivity contribution in [3.05, 3.63) is 58.1 Å². The molecule has 4 nitrogen and oxygen atoms in total. The van der Waals surface area contributed by atoms with Crippen molar-refractivity contribution in [3.63, 3.8) is 0 Å². The number of nitrogens with one attached hydrogen (secondary N) is 1. The molecule has 0 fully saturated rings. The first kappa shape index (κ1) is 10.4. The van der Waals surface area contributed by atoms with Gasteiger partial charge in [-0.1, -0.05) is 30.3 Å². The zero-order valence-electron chi connectivity index (χ0n) is 8.93. The lowest BCUT2D eigenvalue weighted by atomic mass is 10.2. The van der Waals surface area contributed by atoms with Crippen LogP contribution >= 0.6 is 0 Å². The zero-order valence-corrected chi connectivity index (χ0v) is 8.93. The van der Waals surface area contributed by atoms with E-state index >= 15 is 0 Å². The Kier molecular flexibility index (Phi) is 3.00. The molecule has 0 radical (unpaired) electrons. The van der Waals surface area contributed by atoms with Gasteiger partial charge in [-0.2, -0.15) is 4.98 Å². The summed E-state index contributed by atoms with van der Waals surface area (Å²) in [7, 11) is 0. The van der Waals surface area contributed by atoms with Crippen molar-refractivity contribution in [1.29, 1.82) is 0 Å². The summed E-state index contributed by atoms with van der Waals surface area (Å²) < 4.78 is 5.26. The Bertz CT molecular complexity index is 520. The van der Waals surface area contributed by atoms with E-state index in [9.17, 15) is 4.79 Å². The Morgan fingerprint density at radius 3 is 2.75 bits per heavy atom. The van der Waals surface area contributed by atoms with Gasteiger partial charge in [0.2, 0.25) is 0 Å². The SMILES string of the molecule is Cc1cc(=O)nc(NCc2ccccc2)o1. The van der Waals surface area contributed by atoms with Crippen LogP contribution in [0, 0.1) is 6.92 Å². The van der Waals surface area contributed by atoms with Gasteiger partial charge in [0, 0.05) is 12.6 Å². The highest BCUT2D eigenvalue weighted by Crippen LogP contribution is 2.05. The van der Waals surface area contributed by atoms with Gasteiger partial charge in [-0.05, 0) is 12.5 Å². The lowest BCUT2D eigenvalue weighted by Crippen LogP contribution is -2.10. The second-order valence-corrected chi connectivity index (χ2v) is 3.45. The molecule has 1 aromatic heterocycles. The Balaban J connectivity index is 2.08. The molecule has 2 rings (SSSR count). The highest BCUT2D eigenvalue weighted by molar-refractivity contribution is 5.24. The number of rotatable bonds is 3. The van der Waals surface area contributed by atoms with Crippen molar-refractivity contribution >= 4 is 6.01 Å². The summed E-state index contributed by atoms with van der Waals surface area (Å²) >= 11 is 0. The van der Waals surface area contributed by atoms with Crippen LogP contribution in [0.2, 0.25) is 0 Å². The molecule has 0 amide bonds. The molecule has 0 aliphatic heterocycles. The number of anilines is 1. The van der Waals surface area contributed by atoms with Crippen LogP contribution < -0.4 is 10.9 Å². The summed E-state index contributed by atoms with van der Waals surface area (Å²) in [6, 6.07) is 11.5. The van der Waals surface area contributed by atoms with Crippen molar-refractivity contribution in [3.8, 4) is 0 Å². The second-order valence-electron chi connectivity index (χ2n) is 3.45. The van der Waals surface area contributed by atoms with Crippen molar-refractivity contribution < 1.29 is 4.42 Å². The van der Waals surface area contributed by atoms with Gasteiger partial charge in [-0.25, -0.2) is 0 Å². The molecule has 0 aliphatic carbocycles. The number of hydrogen-bond donors (Lipinski definition) is 1. The van der Waals surface area contributed by atoms with Crippen LogP contribution in [0.5, 0.6) is 0 Å². The number of aromatic nitrogens is 1. The fourth-order valence-corrected chi connectivity index (χ4v) is 1.36. The van der Waals surface area contributed by atoms with E-state index < -0.39 is 0 Å². The van der Waals surface area contributed by atoms with Gasteiger partial charge < -0.3 is 9.73 Å². The standard InChI is InChI=1S/C12H12N2O2/c1-9-7-11(15)14-12(16-9)13-8-10-5-3-2-4-6-10/h2-7H,8H2,1H3,(H,13,14,15). The third-order valence-electron chi connectivity index (χ3n) is 2.08. The van der Waals surface area contributed by atoms with Crippen molar-refractivity contribution in [1.82, 2.24) is 4.98 Å². The minimum Gasteiger partial charge on any atom is -0.430 e. The molecule has 0 saturated carbocycles. The third kappa shape index (κ3) is 2.70. The fraction of sp³-hybridized carbons (Fsp3) is 0.167. The maximum Gasteiger partial charge on any atom is 0.298 e. The van der Waals surface area contributed by atoms with Gasteiger partial charge in [0.25, 0.3) is 11.6 Å². The smallest absolute Gasteiger partial charge is 0.298 e. The summed E-state index contributed by atoms with van der Waals surface area (Å²) in [5, 5.41) is 2.96. The van der Waals surface area contributed by atoms with Crippen LogP contribution in [0.15, 0.2) is 45.6 Å². The quantitative estimate of drug-likeness (QED) is 0.852. The summed E-state index contributed by atoms with van der Waals surface area (Å²) in [6.45, 7) is 2.30. The van der Waals surface area contributed by atoms with E-state index in [-0.39, 0.29) is 11.6 Å². The van der Waals surface area contributed by atoms with Gasteiger partial charge in [-0.3, -0.25) is 4.79 Å². The van der Waals surface area contributed by atoms with Gasteiger partial charge in [-0.15, -0.1) is 0 Å². The summed E-state index contributed by atoms with van der Waals surface area (Å²) in [5.74, 6) is 0.551. The molecule has 0 unspecified atom stereocenters. The van der Waals surface area contributed by atoms with Gasteiger partial charge >= 0.3 is 0 Å². The molecule has 0 aliphatic rings. The molecule has 0 bridgehead atoms. The van der Waals surface area contributed by atoms with E-state index in [2.05, 4.69) is 10.3 Å². The summed E-state index contributed by atoms with van der Waals surface area (Å²) in [6.07, 6.45) is 0. The van der Waals surface area contributed by atoms with Crippen molar-refractivity contribution in [2.75, 3.05) is 5.32 Å². The van der Waals surface area contributed by atoms with E-state index in [4.69, 9.17) is 4.42 Å². The molecule has 0 spiro atoms. The van der Waals surface area contributed by atoms with Crippen LogP contribution in [0.1, 0.15) is 11.3 Å². The Labute approximate surface area is 93.0 Å². The maximum atomic E-state index is 11.1. The number of nitrogens with zero attached hydrogens (tertiary/aromatic N) is 1. The molecule has 1 heterocycles. The van der Waals surface area contributed by atoms with E-state index in [1.165, 1.54) is 6.07 Å². The highest BCUT2D eigenvalue weighted by atomic mass is 16.4. The zero-order chi connectivity index (χ0) is 11.4. The molecule has 16 heavy (non-hydrogen) atoms. The monoisotopic (exact) mass is 216 g/mol.